The van der Waals surface area contributed by atoms with Crippen molar-refractivity contribution in [2.45, 2.75) is 55.3 Å². The quantitative estimate of drug-likeness (QED) is 0.626. The van der Waals surface area contributed by atoms with Gasteiger partial charge < -0.3 is 10.8 Å². The Labute approximate surface area is 108 Å². The zero-order valence-corrected chi connectivity index (χ0v) is 11.2. The number of thioether (sulfide) groups is 1. The van der Waals surface area contributed by atoms with Crippen molar-refractivity contribution in [3.8, 4) is 0 Å². The van der Waals surface area contributed by atoms with Crippen molar-refractivity contribution in [3.63, 3.8) is 0 Å². The van der Waals surface area contributed by atoms with Gasteiger partial charge in [0, 0.05) is 15.8 Å². The number of rotatable bonds is 2. The van der Waals surface area contributed by atoms with Gasteiger partial charge in [-0.25, -0.2) is 0 Å². The van der Waals surface area contributed by atoms with E-state index in [1.165, 1.54) is 18.4 Å². The molecule has 2 rings (SSSR count). The maximum Gasteiger partial charge on any atom is 0.0662 e. The summed E-state index contributed by atoms with van der Waals surface area (Å²) in [4.78, 5) is 1.12. The second-order valence-corrected chi connectivity index (χ2v) is 6.18. The highest BCUT2D eigenvalue weighted by Gasteiger charge is 2.23. The lowest BCUT2D eigenvalue weighted by atomic mass is 10.1. The smallest absolute Gasteiger partial charge is 0.0662 e. The van der Waals surface area contributed by atoms with E-state index in [9.17, 15) is 5.11 Å². The molecule has 94 valence electrons. The molecule has 0 aromatic heterocycles. The number of benzene rings is 1. The molecule has 2 nitrogen and oxygen atoms in total. The largest absolute Gasteiger partial charge is 0.398 e. The van der Waals surface area contributed by atoms with Crippen LogP contribution in [0.5, 0.6) is 0 Å². The second-order valence-electron chi connectivity index (χ2n) is 4.90. The van der Waals surface area contributed by atoms with Gasteiger partial charge in [-0.2, -0.15) is 0 Å². The molecule has 0 heterocycles. The fourth-order valence-electron chi connectivity index (χ4n) is 2.30. The molecule has 1 aliphatic rings. The third kappa shape index (κ3) is 3.39. The zero-order valence-electron chi connectivity index (χ0n) is 10.4. The Morgan fingerprint density at radius 3 is 2.82 bits per heavy atom. The van der Waals surface area contributed by atoms with Gasteiger partial charge in [-0.05, 0) is 37.5 Å². The summed E-state index contributed by atoms with van der Waals surface area (Å²) >= 11 is 1.75. The molecule has 3 N–H and O–H groups in total. The number of nitrogens with two attached hydrogens (primary N) is 1. The van der Waals surface area contributed by atoms with Crippen LogP contribution in [0.4, 0.5) is 5.69 Å². The molecule has 2 atom stereocenters. The Kier molecular flexibility index (Phi) is 4.35. The van der Waals surface area contributed by atoms with Crippen molar-refractivity contribution < 1.29 is 5.11 Å². The minimum atomic E-state index is -0.178. The first kappa shape index (κ1) is 12.8. The van der Waals surface area contributed by atoms with E-state index in [1.807, 2.05) is 12.1 Å². The van der Waals surface area contributed by atoms with Gasteiger partial charge in [0.25, 0.3) is 0 Å². The van der Waals surface area contributed by atoms with Crippen LogP contribution in [0, 0.1) is 6.92 Å². The van der Waals surface area contributed by atoms with Crippen molar-refractivity contribution >= 4 is 17.4 Å². The van der Waals surface area contributed by atoms with Crippen molar-refractivity contribution in [1.82, 2.24) is 0 Å². The molecule has 1 aromatic carbocycles. The fourth-order valence-corrected chi connectivity index (χ4v) is 3.66. The average molecular weight is 251 g/mol. The van der Waals surface area contributed by atoms with Gasteiger partial charge in [-0.1, -0.05) is 25.3 Å². The van der Waals surface area contributed by atoms with Gasteiger partial charge in [-0.15, -0.1) is 11.8 Å². The Morgan fingerprint density at radius 1 is 1.24 bits per heavy atom. The van der Waals surface area contributed by atoms with Crippen LogP contribution in [-0.4, -0.2) is 16.5 Å². The predicted molar refractivity (Wildman–Crippen MR) is 74.3 cm³/mol. The molecule has 0 aliphatic heterocycles. The standard InChI is InChI=1S/C14H21NOS/c1-10-7-8-11(15)14(9-10)17-13-6-4-2-3-5-12(13)16/h7-9,12-13,16H,2-6,15H2,1H3. The summed E-state index contributed by atoms with van der Waals surface area (Å²) in [6.07, 6.45) is 5.48. The highest BCUT2D eigenvalue weighted by Crippen LogP contribution is 2.36. The van der Waals surface area contributed by atoms with Crippen molar-refractivity contribution in [2.24, 2.45) is 0 Å². The number of nitrogen functional groups attached to an aromatic ring is 1. The predicted octanol–water partition coefficient (Wildman–Crippen LogP) is 3.36. The number of aryl methyl sites for hydroxylation is 1. The first-order chi connectivity index (χ1) is 8.16. The van der Waals surface area contributed by atoms with Gasteiger partial charge in [0.2, 0.25) is 0 Å². The van der Waals surface area contributed by atoms with Crippen molar-refractivity contribution in [1.29, 1.82) is 0 Å². The van der Waals surface area contributed by atoms with Gasteiger partial charge >= 0.3 is 0 Å². The average Bonchev–Trinajstić information content (AvgIpc) is 2.50. The molecular formula is C14H21NOS. The Bertz CT molecular complexity index is 380. The van der Waals surface area contributed by atoms with Gasteiger partial charge in [0.15, 0.2) is 0 Å². The minimum Gasteiger partial charge on any atom is -0.398 e. The van der Waals surface area contributed by atoms with E-state index in [4.69, 9.17) is 5.73 Å². The molecule has 1 aromatic rings. The van der Waals surface area contributed by atoms with Crippen LogP contribution in [0.2, 0.25) is 0 Å². The SMILES string of the molecule is Cc1ccc(N)c(SC2CCCCCC2O)c1. The molecule has 0 amide bonds. The normalized spacial score (nSPS) is 25.5. The summed E-state index contributed by atoms with van der Waals surface area (Å²) in [6.45, 7) is 2.08. The lowest BCUT2D eigenvalue weighted by Crippen LogP contribution is -2.21. The first-order valence-corrected chi connectivity index (χ1v) is 7.25. The number of hydrogen-bond acceptors (Lipinski definition) is 3. The number of aliphatic hydroxyl groups is 1. The Morgan fingerprint density at radius 2 is 2.00 bits per heavy atom. The van der Waals surface area contributed by atoms with Crippen LogP contribution in [0.1, 0.15) is 37.7 Å². The maximum atomic E-state index is 10.1. The van der Waals surface area contributed by atoms with Gasteiger partial charge in [-0.3, -0.25) is 0 Å². The lowest BCUT2D eigenvalue weighted by Gasteiger charge is -2.20. The highest BCUT2D eigenvalue weighted by atomic mass is 32.2. The van der Waals surface area contributed by atoms with Crippen LogP contribution >= 0.6 is 11.8 Å². The molecule has 0 spiro atoms. The topological polar surface area (TPSA) is 46.2 Å². The maximum absolute atomic E-state index is 10.1. The van der Waals surface area contributed by atoms with E-state index in [2.05, 4.69) is 13.0 Å². The molecule has 0 bridgehead atoms. The molecule has 0 saturated heterocycles. The highest BCUT2D eigenvalue weighted by molar-refractivity contribution is 8.00. The van der Waals surface area contributed by atoms with Crippen molar-refractivity contribution in [2.75, 3.05) is 5.73 Å². The fraction of sp³-hybridized carbons (Fsp3) is 0.571. The summed E-state index contributed by atoms with van der Waals surface area (Å²) in [5.74, 6) is 0. The van der Waals surface area contributed by atoms with Crippen molar-refractivity contribution in [3.05, 3.63) is 23.8 Å². The molecule has 17 heavy (non-hydrogen) atoms. The molecule has 1 fully saturated rings. The van der Waals surface area contributed by atoms with E-state index in [0.717, 1.165) is 29.8 Å². The minimum absolute atomic E-state index is 0.178. The monoisotopic (exact) mass is 251 g/mol. The Hall–Kier alpha value is -0.670. The van der Waals surface area contributed by atoms with Crippen LogP contribution in [-0.2, 0) is 0 Å². The summed E-state index contributed by atoms with van der Waals surface area (Å²) < 4.78 is 0. The van der Waals surface area contributed by atoms with Gasteiger partial charge in [0.05, 0.1) is 6.10 Å². The molecule has 2 unspecified atom stereocenters. The van der Waals surface area contributed by atoms with Crippen LogP contribution in [0.15, 0.2) is 23.1 Å². The van der Waals surface area contributed by atoms with E-state index >= 15 is 0 Å². The zero-order chi connectivity index (χ0) is 12.3. The molecule has 1 saturated carbocycles. The van der Waals surface area contributed by atoms with E-state index in [1.54, 1.807) is 11.8 Å². The third-order valence-electron chi connectivity index (χ3n) is 3.37. The lowest BCUT2D eigenvalue weighted by molar-refractivity contribution is 0.163. The van der Waals surface area contributed by atoms with Crippen LogP contribution in [0.3, 0.4) is 0 Å². The summed E-state index contributed by atoms with van der Waals surface area (Å²) in [6, 6.07) is 6.11. The third-order valence-corrected chi connectivity index (χ3v) is 4.83. The molecule has 1 aliphatic carbocycles. The first-order valence-electron chi connectivity index (χ1n) is 6.37. The summed E-state index contributed by atoms with van der Waals surface area (Å²) in [5.41, 5.74) is 8.05. The number of aliphatic hydroxyl groups excluding tert-OH is 1. The van der Waals surface area contributed by atoms with E-state index in [-0.39, 0.29) is 6.10 Å². The molecule has 3 heteroatoms. The molecular weight excluding hydrogens is 230 g/mol. The number of anilines is 1. The van der Waals surface area contributed by atoms with Crippen LogP contribution in [0.25, 0.3) is 0 Å². The van der Waals surface area contributed by atoms with E-state index in [0.29, 0.717) is 5.25 Å². The number of hydrogen-bond donors (Lipinski definition) is 2. The van der Waals surface area contributed by atoms with E-state index < -0.39 is 0 Å². The second kappa shape index (κ2) is 5.78. The van der Waals surface area contributed by atoms with Crippen LogP contribution < -0.4 is 5.73 Å². The molecule has 0 radical (unpaired) electrons. The van der Waals surface area contributed by atoms with Gasteiger partial charge in [0.1, 0.15) is 0 Å². The summed E-state index contributed by atoms with van der Waals surface area (Å²) in [5, 5.41) is 10.4. The summed E-state index contributed by atoms with van der Waals surface area (Å²) in [7, 11) is 0. The Balaban J connectivity index is 2.10.